The molecule has 0 unspecified atom stereocenters. The van der Waals surface area contributed by atoms with Crippen LogP contribution in [0, 0.1) is 6.92 Å². The van der Waals surface area contributed by atoms with Gasteiger partial charge >= 0.3 is 12.1 Å². The molecule has 3 N–H and O–H groups in total. The Hall–Kier alpha value is -2.42. The molecular weight excluding hydrogens is 291 g/mol. The second-order valence-electron chi connectivity index (χ2n) is 3.82. The van der Waals surface area contributed by atoms with Crippen LogP contribution in [0.1, 0.15) is 11.5 Å². The van der Waals surface area contributed by atoms with Crippen LogP contribution in [0.5, 0.6) is 0 Å². The maximum atomic E-state index is 10.6. The van der Waals surface area contributed by atoms with Gasteiger partial charge in [-0.3, -0.25) is 0 Å². The lowest BCUT2D eigenvalue weighted by atomic mass is 10.1. The van der Waals surface area contributed by atoms with Crippen molar-refractivity contribution in [3.8, 4) is 11.5 Å². The maximum Gasteiger partial charge on any atom is 0.490 e. The van der Waals surface area contributed by atoms with Gasteiger partial charge in [-0.2, -0.15) is 13.2 Å². The second kappa shape index (κ2) is 6.84. The summed E-state index contributed by atoms with van der Waals surface area (Å²) in [5.74, 6) is -1.76. The van der Waals surface area contributed by atoms with E-state index in [0.717, 1.165) is 11.1 Å². The molecule has 114 valence electrons. The predicted molar refractivity (Wildman–Crippen MR) is 66.1 cm³/mol. The first-order valence-corrected chi connectivity index (χ1v) is 5.64. The van der Waals surface area contributed by atoms with E-state index in [9.17, 15) is 13.2 Å². The molecule has 0 aliphatic carbocycles. The van der Waals surface area contributed by atoms with Crippen molar-refractivity contribution in [3.63, 3.8) is 0 Å². The number of alkyl halides is 3. The van der Waals surface area contributed by atoms with E-state index in [-0.39, 0.29) is 6.54 Å². The normalized spacial score (nSPS) is 10.7. The van der Waals surface area contributed by atoms with Gasteiger partial charge in [0.15, 0.2) is 0 Å². The Morgan fingerprint density at radius 1 is 1.33 bits per heavy atom. The van der Waals surface area contributed by atoms with E-state index < -0.39 is 12.1 Å². The highest BCUT2D eigenvalue weighted by Crippen LogP contribution is 2.21. The van der Waals surface area contributed by atoms with Crippen LogP contribution in [0.15, 0.2) is 28.7 Å². The van der Waals surface area contributed by atoms with Gasteiger partial charge in [0, 0.05) is 5.56 Å². The minimum Gasteiger partial charge on any atom is -0.475 e. The number of nitrogens with zero attached hydrogens (tertiary/aromatic N) is 2. The number of carbonyl (C=O) groups is 1. The highest BCUT2D eigenvalue weighted by Gasteiger charge is 2.38. The molecule has 0 saturated carbocycles. The molecule has 2 aromatic rings. The Bertz CT molecular complexity index is 611. The van der Waals surface area contributed by atoms with Crippen LogP contribution in [-0.4, -0.2) is 27.4 Å². The number of carboxylic acid groups (broad SMARTS) is 1. The summed E-state index contributed by atoms with van der Waals surface area (Å²) in [7, 11) is 0. The Kier molecular flexibility index (Phi) is 5.42. The number of benzene rings is 1. The van der Waals surface area contributed by atoms with Gasteiger partial charge in [-0.25, -0.2) is 4.79 Å². The number of rotatable bonds is 2. The first-order valence-electron chi connectivity index (χ1n) is 5.64. The summed E-state index contributed by atoms with van der Waals surface area (Å²) in [4.78, 5) is 8.90. The van der Waals surface area contributed by atoms with Gasteiger partial charge in [-0.1, -0.05) is 18.2 Å². The van der Waals surface area contributed by atoms with Crippen LogP contribution in [0.3, 0.4) is 0 Å². The lowest BCUT2D eigenvalue weighted by Crippen LogP contribution is -2.21. The van der Waals surface area contributed by atoms with E-state index in [1.54, 1.807) is 0 Å². The van der Waals surface area contributed by atoms with Gasteiger partial charge in [-0.15, -0.1) is 10.2 Å². The molecule has 0 aliphatic rings. The van der Waals surface area contributed by atoms with Crippen molar-refractivity contribution in [2.24, 2.45) is 5.73 Å². The molecule has 0 radical (unpaired) electrons. The first kappa shape index (κ1) is 16.6. The lowest BCUT2D eigenvalue weighted by Gasteiger charge is -1.98. The summed E-state index contributed by atoms with van der Waals surface area (Å²) < 4.78 is 37.1. The summed E-state index contributed by atoms with van der Waals surface area (Å²) in [5, 5.41) is 14.9. The third kappa shape index (κ3) is 4.88. The summed E-state index contributed by atoms with van der Waals surface area (Å²) in [6.45, 7) is 2.28. The molecule has 0 amide bonds. The fourth-order valence-corrected chi connectivity index (χ4v) is 1.26. The highest BCUT2D eigenvalue weighted by atomic mass is 19.4. The third-order valence-corrected chi connectivity index (χ3v) is 2.26. The zero-order valence-corrected chi connectivity index (χ0v) is 10.9. The fourth-order valence-electron chi connectivity index (χ4n) is 1.26. The number of hydrogen-bond donors (Lipinski definition) is 2. The predicted octanol–water partition coefficient (Wildman–Crippen LogP) is 2.14. The number of nitrogens with two attached hydrogens (primary N) is 1. The summed E-state index contributed by atoms with van der Waals surface area (Å²) >= 11 is 0. The molecule has 21 heavy (non-hydrogen) atoms. The van der Waals surface area contributed by atoms with E-state index in [1.165, 1.54) is 0 Å². The molecule has 0 aliphatic heterocycles. The largest absolute Gasteiger partial charge is 0.490 e. The van der Waals surface area contributed by atoms with Gasteiger partial charge in [0.2, 0.25) is 11.8 Å². The fraction of sp³-hybridized carbons (Fsp3) is 0.250. The molecule has 9 heteroatoms. The molecule has 1 aromatic carbocycles. The van der Waals surface area contributed by atoms with E-state index >= 15 is 0 Å². The Labute approximate surface area is 117 Å². The zero-order valence-electron chi connectivity index (χ0n) is 10.9. The number of carboxylic acids is 1. The Morgan fingerprint density at radius 3 is 2.33 bits per heavy atom. The van der Waals surface area contributed by atoms with E-state index in [0.29, 0.717) is 11.8 Å². The average Bonchev–Trinajstić information content (AvgIpc) is 2.87. The minimum absolute atomic E-state index is 0.277. The highest BCUT2D eigenvalue weighted by molar-refractivity contribution is 5.73. The van der Waals surface area contributed by atoms with Crippen LogP contribution in [-0.2, 0) is 11.3 Å². The maximum absolute atomic E-state index is 10.6. The summed E-state index contributed by atoms with van der Waals surface area (Å²) in [6.07, 6.45) is -5.08. The van der Waals surface area contributed by atoms with Crippen LogP contribution in [0.25, 0.3) is 11.5 Å². The molecule has 0 fully saturated rings. The molecule has 1 heterocycles. The molecule has 0 spiro atoms. The van der Waals surface area contributed by atoms with Crippen molar-refractivity contribution in [1.29, 1.82) is 0 Å². The van der Waals surface area contributed by atoms with Gasteiger partial charge in [0.05, 0.1) is 6.54 Å². The number of aryl methyl sites for hydroxylation is 1. The van der Waals surface area contributed by atoms with E-state index in [4.69, 9.17) is 20.1 Å². The Balaban J connectivity index is 0.000000270. The zero-order chi connectivity index (χ0) is 16.0. The number of halogens is 3. The SMILES string of the molecule is Cc1ccccc1-c1nnc(CN)o1.O=C(O)C(F)(F)F. The molecule has 0 bridgehead atoms. The number of hydrogen-bond acceptors (Lipinski definition) is 5. The lowest BCUT2D eigenvalue weighted by molar-refractivity contribution is -0.192. The first-order chi connectivity index (χ1) is 9.75. The van der Waals surface area contributed by atoms with Crippen molar-refractivity contribution < 1.29 is 27.5 Å². The van der Waals surface area contributed by atoms with Crippen LogP contribution in [0.2, 0.25) is 0 Å². The van der Waals surface area contributed by atoms with Gasteiger partial charge in [-0.05, 0) is 18.6 Å². The number of aromatic nitrogens is 2. The minimum atomic E-state index is -5.08. The molecule has 0 atom stereocenters. The third-order valence-electron chi connectivity index (χ3n) is 2.26. The van der Waals surface area contributed by atoms with Crippen LogP contribution < -0.4 is 5.73 Å². The van der Waals surface area contributed by atoms with Crippen LogP contribution >= 0.6 is 0 Å². The van der Waals surface area contributed by atoms with Crippen molar-refractivity contribution in [1.82, 2.24) is 10.2 Å². The molecule has 6 nitrogen and oxygen atoms in total. The van der Waals surface area contributed by atoms with Crippen LogP contribution in [0.4, 0.5) is 13.2 Å². The smallest absolute Gasteiger partial charge is 0.475 e. The van der Waals surface area contributed by atoms with Gasteiger partial charge in [0.25, 0.3) is 0 Å². The Morgan fingerprint density at radius 2 is 1.90 bits per heavy atom. The molecule has 0 saturated heterocycles. The van der Waals surface area contributed by atoms with Gasteiger partial charge in [0.1, 0.15) is 0 Å². The average molecular weight is 303 g/mol. The summed E-state index contributed by atoms with van der Waals surface area (Å²) in [6, 6.07) is 7.86. The van der Waals surface area contributed by atoms with Crippen molar-refractivity contribution in [2.45, 2.75) is 19.6 Å². The number of aliphatic carboxylic acids is 1. The van der Waals surface area contributed by atoms with E-state index in [2.05, 4.69) is 10.2 Å². The molecular formula is C12H12F3N3O3. The standard InChI is InChI=1S/C10H11N3O.C2HF3O2/c1-7-4-2-3-5-8(7)10-13-12-9(6-11)14-10;3-2(4,5)1(6)7/h2-5H,6,11H2,1H3;(H,6,7). The van der Waals surface area contributed by atoms with Crippen molar-refractivity contribution in [3.05, 3.63) is 35.7 Å². The summed E-state index contributed by atoms with van der Waals surface area (Å²) in [5.41, 5.74) is 7.45. The monoisotopic (exact) mass is 303 g/mol. The van der Waals surface area contributed by atoms with Gasteiger partial charge < -0.3 is 15.3 Å². The topological polar surface area (TPSA) is 102 Å². The molecule has 2 rings (SSSR count). The molecule has 1 aromatic heterocycles. The van der Waals surface area contributed by atoms with Crippen molar-refractivity contribution in [2.75, 3.05) is 0 Å². The van der Waals surface area contributed by atoms with E-state index in [1.807, 2.05) is 31.2 Å². The quantitative estimate of drug-likeness (QED) is 0.881. The second-order valence-corrected chi connectivity index (χ2v) is 3.82. The van der Waals surface area contributed by atoms with Crippen molar-refractivity contribution >= 4 is 5.97 Å².